The highest BCUT2D eigenvalue weighted by Gasteiger charge is 2.22. The highest BCUT2D eigenvalue weighted by molar-refractivity contribution is 7.27. The van der Waals surface area contributed by atoms with Crippen molar-refractivity contribution >= 4 is 103 Å². The Bertz CT molecular complexity index is 3140. The predicted molar refractivity (Wildman–Crippen MR) is 221 cm³/mol. The van der Waals surface area contributed by atoms with Crippen molar-refractivity contribution in [2.24, 2.45) is 0 Å². The van der Waals surface area contributed by atoms with E-state index in [0.717, 1.165) is 22.7 Å². The van der Waals surface area contributed by atoms with Gasteiger partial charge in [0.05, 0.1) is 16.7 Å². The second kappa shape index (κ2) is 11.0. The largest absolute Gasteiger partial charge is 0.308 e. The van der Waals surface area contributed by atoms with E-state index in [9.17, 15) is 0 Å². The normalized spacial score (nSPS) is 11.9. The minimum atomic E-state index is 1.12. The lowest BCUT2D eigenvalue weighted by molar-refractivity contribution is 1.17. The van der Waals surface area contributed by atoms with Gasteiger partial charge in [0.25, 0.3) is 0 Å². The van der Waals surface area contributed by atoms with Crippen LogP contribution < -0.4 is 4.90 Å². The minimum Gasteiger partial charge on any atom is -0.308 e. The average molecular weight is 667 g/mol. The van der Waals surface area contributed by atoms with Crippen molar-refractivity contribution in [3.63, 3.8) is 0 Å². The topological polar surface area (TPSA) is 8.17 Å². The van der Waals surface area contributed by atoms with Crippen molar-refractivity contribution in [3.8, 4) is 5.69 Å². The van der Waals surface area contributed by atoms with Crippen molar-refractivity contribution in [3.05, 3.63) is 182 Å². The first-order chi connectivity index (χ1) is 25.3. The van der Waals surface area contributed by atoms with Crippen LogP contribution in [0.15, 0.2) is 182 Å². The van der Waals surface area contributed by atoms with E-state index in [4.69, 9.17) is 0 Å². The zero-order chi connectivity index (χ0) is 33.5. The number of para-hydroxylation sites is 4. The standard InChI is InChI=1S/C48H30N2S/c1-3-14-32(15-4-1)49(43-24-13-22-39-36-18-9-11-23-42(36)50(47(39)43)33-16-5-2-6-17-33)34-27-29-35-31(30-34)26-28-41-45(35)37-19-7-8-20-38(37)46-40-21-10-12-25-44(40)51-48(41)46/h1-30H. The maximum absolute atomic E-state index is 2.43. The summed E-state index contributed by atoms with van der Waals surface area (Å²) in [6, 6.07) is 66.5. The summed E-state index contributed by atoms with van der Waals surface area (Å²) in [5.41, 5.74) is 6.91. The second-order valence-electron chi connectivity index (χ2n) is 13.3. The fourth-order valence-electron chi connectivity index (χ4n) is 8.39. The van der Waals surface area contributed by atoms with Gasteiger partial charge in [-0.1, -0.05) is 127 Å². The molecule has 51 heavy (non-hydrogen) atoms. The molecular formula is C48H30N2S. The predicted octanol–water partition coefficient (Wildman–Crippen LogP) is 14.1. The molecule has 3 heteroatoms. The van der Waals surface area contributed by atoms with Gasteiger partial charge in [0.15, 0.2) is 0 Å². The number of rotatable bonds is 4. The van der Waals surface area contributed by atoms with E-state index < -0.39 is 0 Å². The number of aromatic nitrogens is 1. The molecule has 0 atom stereocenters. The zero-order valence-electron chi connectivity index (χ0n) is 27.6. The third-order valence-electron chi connectivity index (χ3n) is 10.5. The summed E-state index contributed by atoms with van der Waals surface area (Å²) in [5, 5.41) is 13.0. The molecule has 2 nitrogen and oxygen atoms in total. The van der Waals surface area contributed by atoms with Crippen molar-refractivity contribution in [1.29, 1.82) is 0 Å². The molecule has 0 aliphatic heterocycles. The number of benzene rings is 9. The zero-order valence-corrected chi connectivity index (χ0v) is 28.4. The molecule has 0 aliphatic rings. The fraction of sp³-hybridized carbons (Fsp3) is 0. The van der Waals surface area contributed by atoms with E-state index >= 15 is 0 Å². The molecule has 238 valence electrons. The van der Waals surface area contributed by atoms with E-state index in [0.29, 0.717) is 0 Å². The molecule has 0 bridgehead atoms. The fourth-order valence-corrected chi connectivity index (χ4v) is 9.64. The van der Waals surface area contributed by atoms with Gasteiger partial charge in [0.1, 0.15) is 0 Å². The van der Waals surface area contributed by atoms with Crippen molar-refractivity contribution in [1.82, 2.24) is 4.57 Å². The molecule has 0 saturated carbocycles. The molecule has 0 aliphatic carbocycles. The van der Waals surface area contributed by atoms with Crippen LogP contribution in [-0.4, -0.2) is 4.57 Å². The van der Waals surface area contributed by atoms with Crippen LogP contribution in [0, 0.1) is 0 Å². The van der Waals surface area contributed by atoms with E-state index in [2.05, 4.69) is 191 Å². The van der Waals surface area contributed by atoms with E-state index in [-0.39, 0.29) is 0 Å². The van der Waals surface area contributed by atoms with Gasteiger partial charge in [-0.15, -0.1) is 11.3 Å². The van der Waals surface area contributed by atoms with Gasteiger partial charge in [-0.25, -0.2) is 0 Å². The SMILES string of the molecule is c1ccc(N(c2ccc3c(ccc4c5sc6ccccc6c5c5ccccc5c34)c2)c2cccc3c4ccccc4n(-c4ccccc4)c23)cc1. The highest BCUT2D eigenvalue weighted by atomic mass is 32.1. The number of thiophene rings is 1. The third kappa shape index (κ3) is 4.16. The van der Waals surface area contributed by atoms with E-state index in [1.807, 2.05) is 11.3 Å². The van der Waals surface area contributed by atoms with Gasteiger partial charge < -0.3 is 9.47 Å². The highest BCUT2D eigenvalue weighted by Crippen LogP contribution is 2.48. The Kier molecular flexibility index (Phi) is 6.16. The second-order valence-corrected chi connectivity index (χ2v) is 14.3. The Labute approximate surface area is 298 Å². The van der Waals surface area contributed by atoms with Crippen LogP contribution in [0.1, 0.15) is 0 Å². The van der Waals surface area contributed by atoms with Crippen LogP contribution in [0.3, 0.4) is 0 Å². The molecule has 9 aromatic carbocycles. The molecule has 11 aromatic rings. The number of fused-ring (bicyclic) bond motifs is 13. The molecule has 0 fully saturated rings. The quantitative estimate of drug-likeness (QED) is 0.170. The number of anilines is 3. The molecule has 0 radical (unpaired) electrons. The third-order valence-corrected chi connectivity index (χ3v) is 11.7. The molecule has 0 spiro atoms. The monoisotopic (exact) mass is 666 g/mol. The van der Waals surface area contributed by atoms with Crippen LogP contribution in [0.2, 0.25) is 0 Å². The van der Waals surface area contributed by atoms with Crippen molar-refractivity contribution < 1.29 is 0 Å². The van der Waals surface area contributed by atoms with Crippen LogP contribution in [0.4, 0.5) is 17.1 Å². The Morgan fingerprint density at radius 2 is 1.06 bits per heavy atom. The maximum Gasteiger partial charge on any atom is 0.0782 e. The number of nitrogens with zero attached hydrogens (tertiary/aromatic N) is 2. The van der Waals surface area contributed by atoms with E-state index in [1.165, 1.54) is 74.3 Å². The summed E-state index contributed by atoms with van der Waals surface area (Å²) in [4.78, 5) is 2.43. The Morgan fingerprint density at radius 1 is 0.412 bits per heavy atom. The van der Waals surface area contributed by atoms with E-state index in [1.54, 1.807) is 0 Å². The number of hydrogen-bond donors (Lipinski definition) is 0. The van der Waals surface area contributed by atoms with Crippen LogP contribution in [-0.2, 0) is 0 Å². The van der Waals surface area contributed by atoms with Crippen LogP contribution >= 0.6 is 11.3 Å². The summed E-state index contributed by atoms with van der Waals surface area (Å²) in [6.45, 7) is 0. The Morgan fingerprint density at radius 3 is 1.88 bits per heavy atom. The molecular weight excluding hydrogens is 637 g/mol. The lowest BCUT2D eigenvalue weighted by Crippen LogP contribution is -2.11. The minimum absolute atomic E-state index is 1.12. The Balaban J connectivity index is 1.21. The van der Waals surface area contributed by atoms with Gasteiger partial charge in [0, 0.05) is 53.4 Å². The summed E-state index contributed by atoms with van der Waals surface area (Å²) < 4.78 is 5.12. The average Bonchev–Trinajstić information content (AvgIpc) is 3.76. The number of hydrogen-bond acceptors (Lipinski definition) is 2. The summed E-state index contributed by atoms with van der Waals surface area (Å²) >= 11 is 1.91. The van der Waals surface area contributed by atoms with Gasteiger partial charge in [0.2, 0.25) is 0 Å². The molecule has 2 aromatic heterocycles. The van der Waals surface area contributed by atoms with Crippen LogP contribution in [0.25, 0.3) is 80.0 Å². The molecule has 2 heterocycles. The van der Waals surface area contributed by atoms with Crippen molar-refractivity contribution in [2.75, 3.05) is 4.90 Å². The Hall–Kier alpha value is -6.42. The first-order valence-corrected chi connectivity index (χ1v) is 18.3. The van der Waals surface area contributed by atoms with Gasteiger partial charge in [-0.05, 0) is 81.5 Å². The molecule has 0 N–H and O–H groups in total. The lowest BCUT2D eigenvalue weighted by atomic mass is 9.93. The van der Waals surface area contributed by atoms with Gasteiger partial charge in [-0.3, -0.25) is 0 Å². The molecule has 0 amide bonds. The first kappa shape index (κ1) is 28.4. The summed E-state index contributed by atoms with van der Waals surface area (Å²) in [7, 11) is 0. The molecule has 11 rings (SSSR count). The molecule has 0 unspecified atom stereocenters. The van der Waals surface area contributed by atoms with Gasteiger partial charge >= 0.3 is 0 Å². The van der Waals surface area contributed by atoms with Crippen LogP contribution in [0.5, 0.6) is 0 Å². The summed E-state index contributed by atoms with van der Waals surface area (Å²) in [6.07, 6.45) is 0. The van der Waals surface area contributed by atoms with Gasteiger partial charge in [-0.2, -0.15) is 0 Å². The van der Waals surface area contributed by atoms with Crippen molar-refractivity contribution in [2.45, 2.75) is 0 Å². The maximum atomic E-state index is 2.43. The smallest absolute Gasteiger partial charge is 0.0782 e. The summed E-state index contributed by atoms with van der Waals surface area (Å²) in [5.74, 6) is 0. The lowest BCUT2D eigenvalue weighted by Gasteiger charge is -2.27. The molecule has 0 saturated heterocycles. The first-order valence-electron chi connectivity index (χ1n) is 17.4.